The van der Waals surface area contributed by atoms with Gasteiger partial charge in [-0.3, -0.25) is 0 Å². The Hall–Kier alpha value is -0.640. The SMILES string of the molecule is C[n+]1c2c(cc3ccccc31)CCC2.[I-]. The molecule has 0 saturated heterocycles. The minimum absolute atomic E-state index is 0. The standard InChI is InChI=1S/C13H14N.HI/c1-14-12-7-3-2-5-10(12)9-11-6-4-8-13(11)14;/h2-3,5,7,9H,4,6,8H2,1H3;1H/q+1;/p-1. The van der Waals surface area contributed by atoms with E-state index < -0.39 is 0 Å². The van der Waals surface area contributed by atoms with E-state index in [-0.39, 0.29) is 24.0 Å². The number of nitrogens with zero attached hydrogens (tertiary/aromatic N) is 1. The van der Waals surface area contributed by atoms with Crippen LogP contribution < -0.4 is 28.5 Å². The van der Waals surface area contributed by atoms with Gasteiger partial charge in [-0.25, -0.2) is 0 Å². The molecule has 78 valence electrons. The molecule has 1 aliphatic carbocycles. The minimum Gasteiger partial charge on any atom is -1.00 e. The summed E-state index contributed by atoms with van der Waals surface area (Å²) in [6, 6.07) is 11.0. The lowest BCUT2D eigenvalue weighted by Gasteiger charge is -2.02. The highest BCUT2D eigenvalue weighted by atomic mass is 127. The largest absolute Gasteiger partial charge is 1.00 e. The van der Waals surface area contributed by atoms with Crippen molar-refractivity contribution < 1.29 is 28.5 Å². The van der Waals surface area contributed by atoms with Gasteiger partial charge in [0, 0.05) is 23.4 Å². The van der Waals surface area contributed by atoms with E-state index in [1.165, 1.54) is 35.9 Å². The molecule has 0 fully saturated rings. The first kappa shape index (κ1) is 10.9. The fourth-order valence-electron chi connectivity index (χ4n) is 2.54. The molecule has 0 atom stereocenters. The lowest BCUT2D eigenvalue weighted by Crippen LogP contribution is -3.00. The van der Waals surface area contributed by atoms with Gasteiger partial charge in [-0.15, -0.1) is 0 Å². The maximum Gasteiger partial charge on any atom is 0.212 e. The number of aryl methyl sites for hydroxylation is 2. The molecule has 0 amide bonds. The predicted molar refractivity (Wildman–Crippen MR) is 57.1 cm³/mol. The van der Waals surface area contributed by atoms with Crippen molar-refractivity contribution in [3.63, 3.8) is 0 Å². The van der Waals surface area contributed by atoms with Gasteiger partial charge in [0.2, 0.25) is 5.52 Å². The van der Waals surface area contributed by atoms with Gasteiger partial charge in [-0.05, 0) is 25.0 Å². The molecule has 1 heterocycles. The van der Waals surface area contributed by atoms with Crippen molar-refractivity contribution in [2.45, 2.75) is 19.3 Å². The van der Waals surface area contributed by atoms with Crippen molar-refractivity contribution in [1.82, 2.24) is 0 Å². The van der Waals surface area contributed by atoms with E-state index in [4.69, 9.17) is 0 Å². The monoisotopic (exact) mass is 311 g/mol. The first-order chi connectivity index (χ1) is 6.86. The maximum atomic E-state index is 2.36. The van der Waals surface area contributed by atoms with Crippen LogP contribution in [0.3, 0.4) is 0 Å². The van der Waals surface area contributed by atoms with Gasteiger partial charge < -0.3 is 24.0 Å². The van der Waals surface area contributed by atoms with Crippen LogP contribution >= 0.6 is 0 Å². The van der Waals surface area contributed by atoms with Gasteiger partial charge in [0.1, 0.15) is 7.05 Å². The van der Waals surface area contributed by atoms with E-state index >= 15 is 0 Å². The average molecular weight is 311 g/mol. The van der Waals surface area contributed by atoms with E-state index in [0.717, 1.165) is 0 Å². The van der Waals surface area contributed by atoms with E-state index in [1.807, 2.05) is 0 Å². The maximum absolute atomic E-state index is 2.36. The number of aromatic nitrogens is 1. The van der Waals surface area contributed by atoms with Gasteiger partial charge in [0.25, 0.3) is 0 Å². The second-order valence-electron chi connectivity index (χ2n) is 4.09. The highest BCUT2D eigenvalue weighted by molar-refractivity contribution is 5.76. The summed E-state index contributed by atoms with van der Waals surface area (Å²) in [4.78, 5) is 0. The molecule has 3 rings (SSSR count). The number of hydrogen-bond donors (Lipinski definition) is 0. The van der Waals surface area contributed by atoms with Gasteiger partial charge in [-0.1, -0.05) is 12.1 Å². The van der Waals surface area contributed by atoms with Gasteiger partial charge >= 0.3 is 0 Å². The molecule has 0 bridgehead atoms. The highest BCUT2D eigenvalue weighted by Gasteiger charge is 2.21. The molecule has 0 aliphatic heterocycles. The highest BCUT2D eigenvalue weighted by Crippen LogP contribution is 2.22. The summed E-state index contributed by atoms with van der Waals surface area (Å²) in [7, 11) is 2.19. The third-order valence-corrected chi connectivity index (χ3v) is 3.26. The summed E-state index contributed by atoms with van der Waals surface area (Å²) in [6.07, 6.45) is 3.82. The zero-order valence-corrected chi connectivity index (χ0v) is 11.0. The summed E-state index contributed by atoms with van der Waals surface area (Å²) in [5.41, 5.74) is 4.43. The Balaban J connectivity index is 0.000000853. The Kier molecular flexibility index (Phi) is 2.96. The van der Waals surface area contributed by atoms with Crippen LogP contribution in [0.15, 0.2) is 30.3 Å². The lowest BCUT2D eigenvalue weighted by molar-refractivity contribution is -0.652. The van der Waals surface area contributed by atoms with Crippen molar-refractivity contribution in [1.29, 1.82) is 0 Å². The molecule has 1 nitrogen and oxygen atoms in total. The van der Waals surface area contributed by atoms with Crippen LogP contribution in [0, 0.1) is 0 Å². The molecule has 0 unspecified atom stereocenters. The topological polar surface area (TPSA) is 3.88 Å². The van der Waals surface area contributed by atoms with Crippen LogP contribution in [0.25, 0.3) is 10.9 Å². The molecule has 2 aromatic rings. The van der Waals surface area contributed by atoms with E-state index in [2.05, 4.69) is 41.9 Å². The summed E-state index contributed by atoms with van der Waals surface area (Å²) < 4.78 is 2.36. The average Bonchev–Trinajstić information content (AvgIpc) is 2.66. The first-order valence-corrected chi connectivity index (χ1v) is 5.26. The molecule has 1 aromatic carbocycles. The second kappa shape index (κ2) is 4.08. The van der Waals surface area contributed by atoms with Gasteiger partial charge in [0.15, 0.2) is 5.69 Å². The van der Waals surface area contributed by atoms with Crippen molar-refractivity contribution in [3.8, 4) is 0 Å². The number of halogens is 1. The summed E-state index contributed by atoms with van der Waals surface area (Å²) in [6.45, 7) is 0. The molecular formula is C13H14IN. The van der Waals surface area contributed by atoms with Crippen molar-refractivity contribution >= 4 is 10.9 Å². The van der Waals surface area contributed by atoms with Crippen molar-refractivity contribution in [2.75, 3.05) is 0 Å². The Bertz CT molecular complexity index is 505. The molecule has 15 heavy (non-hydrogen) atoms. The van der Waals surface area contributed by atoms with E-state index in [1.54, 1.807) is 5.56 Å². The summed E-state index contributed by atoms with van der Waals surface area (Å²) in [5, 5.41) is 1.37. The summed E-state index contributed by atoms with van der Waals surface area (Å²) >= 11 is 0. The van der Waals surface area contributed by atoms with E-state index in [0.29, 0.717) is 0 Å². The molecular weight excluding hydrogens is 297 g/mol. The Morgan fingerprint density at radius 3 is 2.80 bits per heavy atom. The minimum atomic E-state index is 0. The van der Waals surface area contributed by atoms with Crippen LogP contribution in [-0.2, 0) is 19.9 Å². The zero-order valence-electron chi connectivity index (χ0n) is 8.83. The quantitative estimate of drug-likeness (QED) is 0.441. The molecule has 1 aliphatic rings. The molecule has 0 spiro atoms. The number of fused-ring (bicyclic) bond motifs is 2. The van der Waals surface area contributed by atoms with Crippen LogP contribution in [0.4, 0.5) is 0 Å². The second-order valence-corrected chi connectivity index (χ2v) is 4.09. The number of pyridine rings is 1. The zero-order chi connectivity index (χ0) is 9.54. The lowest BCUT2D eigenvalue weighted by atomic mass is 10.1. The third-order valence-electron chi connectivity index (χ3n) is 3.26. The van der Waals surface area contributed by atoms with Crippen LogP contribution in [0.5, 0.6) is 0 Å². The normalized spacial score (nSPS) is 13.7. The van der Waals surface area contributed by atoms with Crippen LogP contribution in [0.1, 0.15) is 17.7 Å². The Morgan fingerprint density at radius 2 is 1.93 bits per heavy atom. The molecule has 0 N–H and O–H groups in total. The number of benzene rings is 1. The molecule has 2 heteroatoms. The Labute approximate surface area is 107 Å². The molecule has 0 saturated carbocycles. The van der Waals surface area contributed by atoms with Crippen LogP contribution in [-0.4, -0.2) is 0 Å². The van der Waals surface area contributed by atoms with Gasteiger partial charge in [0.05, 0.1) is 0 Å². The fourth-order valence-corrected chi connectivity index (χ4v) is 2.54. The number of para-hydroxylation sites is 1. The summed E-state index contributed by atoms with van der Waals surface area (Å²) in [5.74, 6) is 0. The number of hydrogen-bond acceptors (Lipinski definition) is 0. The third kappa shape index (κ3) is 1.65. The number of rotatable bonds is 0. The fraction of sp³-hybridized carbons (Fsp3) is 0.308. The van der Waals surface area contributed by atoms with E-state index in [9.17, 15) is 0 Å². The molecule has 0 radical (unpaired) electrons. The van der Waals surface area contributed by atoms with Crippen LogP contribution in [0.2, 0.25) is 0 Å². The van der Waals surface area contributed by atoms with Crippen molar-refractivity contribution in [2.24, 2.45) is 7.05 Å². The van der Waals surface area contributed by atoms with Gasteiger partial charge in [-0.2, -0.15) is 4.57 Å². The Morgan fingerprint density at radius 1 is 1.13 bits per heavy atom. The first-order valence-electron chi connectivity index (χ1n) is 5.26. The predicted octanol–water partition coefficient (Wildman–Crippen LogP) is -0.843. The van der Waals surface area contributed by atoms with Crippen molar-refractivity contribution in [3.05, 3.63) is 41.6 Å². The smallest absolute Gasteiger partial charge is 0.212 e. The molecule has 1 aromatic heterocycles.